The molecule has 1 aliphatic rings. The molecule has 9 aromatic rings. The highest BCUT2D eigenvalue weighted by Gasteiger charge is 2.40. The summed E-state index contributed by atoms with van der Waals surface area (Å²) in [6.45, 7) is 21.6. The first kappa shape index (κ1) is 86.0. The van der Waals surface area contributed by atoms with E-state index >= 15 is 0 Å². The van der Waals surface area contributed by atoms with Crippen molar-refractivity contribution in [1.82, 2.24) is 20.2 Å². The molecule has 4 atom stereocenters. The van der Waals surface area contributed by atoms with Crippen LogP contribution in [-0.2, 0) is 25.6 Å². The second-order valence-corrected chi connectivity index (χ2v) is 31.3. The molecule has 10 rings (SSSR count). The number of Topliss-reactive ketones (excluding diaryl/α,β-unsaturated/α-hetero) is 4. The van der Waals surface area contributed by atoms with Gasteiger partial charge in [-0.15, -0.1) is 0 Å². The van der Waals surface area contributed by atoms with Crippen LogP contribution in [0.2, 0.25) is 0 Å². The van der Waals surface area contributed by atoms with E-state index in [-0.39, 0.29) is 113 Å². The lowest BCUT2D eigenvalue weighted by atomic mass is 9.88. The number of hydrogen-bond donors (Lipinski definition) is 4. The summed E-state index contributed by atoms with van der Waals surface area (Å²) in [6.07, 6.45) is -0.420. The summed E-state index contributed by atoms with van der Waals surface area (Å²) < 4.78 is 14.4. The number of rotatable bonds is 23. The summed E-state index contributed by atoms with van der Waals surface area (Å²) >= 11 is 6.65. The van der Waals surface area contributed by atoms with Crippen LogP contribution >= 0.6 is 39.1 Å². The number of aryl methyl sites for hydroxylation is 2. The monoisotopic (exact) mass is 1680 g/mol. The first-order valence-electron chi connectivity index (χ1n) is 34.8. The number of fused-ring (bicyclic) bond motifs is 5. The number of nitrogens with zero attached hydrogens (tertiary/aromatic N) is 4. The van der Waals surface area contributed by atoms with Crippen LogP contribution in [0.1, 0.15) is 120 Å². The van der Waals surface area contributed by atoms with Crippen molar-refractivity contribution in [3.8, 4) is 40.1 Å². The Morgan fingerprint density at radius 1 is 0.651 bits per heavy atom. The Bertz CT molecular complexity index is 4350. The number of ketones is 4. The van der Waals surface area contributed by atoms with Crippen molar-refractivity contribution in [2.24, 2.45) is 29.0 Å². The van der Waals surface area contributed by atoms with E-state index in [0.29, 0.717) is 56.5 Å². The highest BCUT2D eigenvalue weighted by molar-refractivity contribution is 9.10. The molecule has 2 heterocycles. The molecule has 16 nitrogen and oxygen atoms in total. The zero-order chi connectivity index (χ0) is 76.3. The molecule has 20 heteroatoms. The van der Waals surface area contributed by atoms with E-state index in [9.17, 15) is 34.0 Å². The van der Waals surface area contributed by atoms with Gasteiger partial charge >= 0.3 is 0 Å². The Balaban J connectivity index is 0.000000340. The van der Waals surface area contributed by atoms with Gasteiger partial charge in [0.2, 0.25) is 11.8 Å². The van der Waals surface area contributed by atoms with E-state index in [0.717, 1.165) is 36.8 Å². The molecule has 0 radical (unpaired) electrons. The fourth-order valence-electron chi connectivity index (χ4n) is 12.2. The van der Waals surface area contributed by atoms with Gasteiger partial charge in [0.15, 0.2) is 29.0 Å². The molecule has 7 N–H and O–H groups in total. The fraction of sp³-hybridized carbons (Fsp3) is 0.267. The van der Waals surface area contributed by atoms with Gasteiger partial charge in [0.05, 0.1) is 35.7 Å². The minimum Gasteiger partial charge on any atom is -1.00 e. The third-order valence-electron chi connectivity index (χ3n) is 17.9. The quantitative estimate of drug-likeness (QED) is 0.0264. The van der Waals surface area contributed by atoms with Crippen LogP contribution in [0.15, 0.2) is 222 Å². The average molecular weight is 1690 g/mol. The Labute approximate surface area is 658 Å². The molecule has 0 saturated heterocycles. The van der Waals surface area contributed by atoms with Gasteiger partial charge in [-0.25, -0.2) is 9.97 Å². The topological polar surface area (TPSA) is 264 Å². The van der Waals surface area contributed by atoms with Crippen molar-refractivity contribution < 1.29 is 62.2 Å². The molecule has 0 spiro atoms. The highest BCUT2D eigenvalue weighted by Crippen LogP contribution is 2.51. The first-order chi connectivity index (χ1) is 50.3. The third-order valence-corrected chi connectivity index (χ3v) is 23.0. The molecule has 1 aromatic heterocycles. The summed E-state index contributed by atoms with van der Waals surface area (Å²) in [6, 6.07) is 66.0. The van der Waals surface area contributed by atoms with Crippen molar-refractivity contribution in [2.45, 2.75) is 92.2 Å². The normalized spacial score (nSPS) is 14.1. The Hall–Kier alpha value is -8.97. The molecule has 1 aliphatic heterocycles. The summed E-state index contributed by atoms with van der Waals surface area (Å²) in [5, 5.41) is 16.4. The van der Waals surface area contributed by atoms with Gasteiger partial charge in [-0.3, -0.25) is 28.8 Å². The number of nitrogens with one attached hydrogen (secondary N) is 1. The average Bonchev–Trinajstić information content (AvgIpc) is 0.426. The molecule has 0 unspecified atom stereocenters. The molecule has 4 bridgehead atoms. The molecule has 2 amide bonds. The standard InChI is InChI=1S/C50H60N8O7.C19H18P.C9H9Br.C8H7BrO.HI/c1-29(2)34-10-12-35(13-11-34)48-55-31(4)46(32(5)56-48)42(60)28-37(17-19-52)50(63)58(6)47-36-14-16-45(65-23-21-54)39(27-36)38-25-33(9-15-44(38)64-22-20-53)26-40(41(59)8-7-18-51)57-49(62)30(3)24-43(47)61;1-20(17-11-5-2-6-12-17,18-13-7-3-8-14-18)19-15-9-4-10-16-19;1-7(2)8-3-5-9(10)6-4-8;1-6(10)7-2-4-8(9)5-3-7;/h9-16,25,27,30,37,40,47H,1,7-8,17,19-24,26,28,52-54H2,2-6H3,(H,57,62);2-16H,1H3;3-6H,1H2,2H3;2-5H,1H3;1H/q;+1;;;/p-1/t30-,37-,40+,47+;;;;/m1..../s1. The molecule has 8 aromatic carbocycles. The van der Waals surface area contributed by atoms with Crippen molar-refractivity contribution >= 4 is 101 Å². The number of aromatic nitrogens is 2. The fourth-order valence-corrected chi connectivity index (χ4v) is 15.9. The van der Waals surface area contributed by atoms with Crippen LogP contribution in [0.25, 0.3) is 33.7 Å². The molecular weight excluding hydrogens is 1590 g/mol. The zero-order valence-electron chi connectivity index (χ0n) is 61.4. The molecule has 0 fully saturated rings. The van der Waals surface area contributed by atoms with Crippen LogP contribution in [0, 0.1) is 37.0 Å². The van der Waals surface area contributed by atoms with E-state index in [1.807, 2.05) is 86.6 Å². The van der Waals surface area contributed by atoms with Gasteiger partial charge in [0, 0.05) is 88.9 Å². The molecule has 0 saturated carbocycles. The molecule has 0 aliphatic carbocycles. The molecular formula is C86H94Br2IN8O8P. The molecule has 552 valence electrons. The van der Waals surface area contributed by atoms with Crippen LogP contribution in [-0.4, -0.2) is 102 Å². The highest BCUT2D eigenvalue weighted by atomic mass is 127. The maximum absolute atomic E-state index is 14.8. The number of hydrogen-bond acceptors (Lipinski definition) is 14. The number of benzene rings is 8. The van der Waals surface area contributed by atoms with Gasteiger partial charge in [0.25, 0.3) is 0 Å². The largest absolute Gasteiger partial charge is 1.00 e. The summed E-state index contributed by atoms with van der Waals surface area (Å²) in [4.78, 5) is 92.4. The summed E-state index contributed by atoms with van der Waals surface area (Å²) in [5.41, 5.74) is 26.9. The first-order valence-corrected chi connectivity index (χ1v) is 38.6. The van der Waals surface area contributed by atoms with Crippen LogP contribution in [0.3, 0.4) is 0 Å². The summed E-state index contributed by atoms with van der Waals surface area (Å²) in [7, 11) is -0.0273. The van der Waals surface area contributed by atoms with Crippen molar-refractivity contribution in [2.75, 3.05) is 46.6 Å². The predicted molar refractivity (Wildman–Crippen MR) is 433 cm³/mol. The van der Waals surface area contributed by atoms with Gasteiger partial charge in [-0.2, -0.15) is 5.26 Å². The smallest absolute Gasteiger partial charge is 0.226 e. The number of halogens is 3. The lowest BCUT2D eigenvalue weighted by Crippen LogP contribution is -3.00. The minimum absolute atomic E-state index is 0. The number of likely N-dealkylation sites (N-methyl/N-ethyl adjacent to an activating group) is 1. The maximum Gasteiger partial charge on any atom is 0.226 e. The van der Waals surface area contributed by atoms with Gasteiger partial charge in [0.1, 0.15) is 53.9 Å². The van der Waals surface area contributed by atoms with Crippen LogP contribution < -0.4 is 71.9 Å². The van der Waals surface area contributed by atoms with E-state index < -0.39 is 48.8 Å². The van der Waals surface area contributed by atoms with Crippen LogP contribution in [0.4, 0.5) is 0 Å². The Morgan fingerprint density at radius 2 is 1.11 bits per heavy atom. The number of amides is 2. The number of carbonyl (C=O) groups is 6. The predicted octanol–water partition coefficient (Wildman–Crippen LogP) is 12.1. The van der Waals surface area contributed by atoms with Crippen molar-refractivity contribution in [3.05, 3.63) is 267 Å². The third kappa shape index (κ3) is 23.8. The van der Waals surface area contributed by atoms with Crippen molar-refractivity contribution in [1.29, 1.82) is 5.26 Å². The Morgan fingerprint density at radius 3 is 1.57 bits per heavy atom. The zero-order valence-corrected chi connectivity index (χ0v) is 67.6. The second kappa shape index (κ2) is 42.4. The van der Waals surface area contributed by atoms with Gasteiger partial charge < -0.3 is 60.9 Å². The number of allylic oxidation sites excluding steroid dienone is 2. The number of ether oxygens (including phenoxy) is 2. The lowest BCUT2D eigenvalue weighted by Gasteiger charge is -2.32. The van der Waals surface area contributed by atoms with Gasteiger partial charge in [-0.05, 0) is 161 Å². The maximum atomic E-state index is 14.8. The number of nitriles is 1. The van der Waals surface area contributed by atoms with E-state index in [1.165, 1.54) is 33.4 Å². The lowest BCUT2D eigenvalue weighted by molar-refractivity contribution is -0.142. The SMILES string of the molecule is C=C(C)c1ccc(-c2nc(C)c(C(=O)C[C@@H](CCN)C(=O)N(C)[C@@H]3C(=O)C[C@@H](C)C(=O)N[C@H](C(=O)CCC#N)Cc4ccc(OCCN)c(c4)-c4cc3ccc4OCCN)c(C)n2)cc1.C=C(C)c1ccc(Br)cc1.CC(=O)c1ccc(Br)cc1.C[P+](c1ccccc1)(c1ccccc1)c1ccccc1.[I-]. The van der Waals surface area contributed by atoms with E-state index in [1.54, 1.807) is 70.2 Å². The minimum atomic E-state index is -1.53. The summed E-state index contributed by atoms with van der Waals surface area (Å²) in [5.74, 6) is -2.64. The van der Waals surface area contributed by atoms with Crippen LogP contribution in [0.5, 0.6) is 11.5 Å². The van der Waals surface area contributed by atoms with E-state index in [4.69, 9.17) is 26.7 Å². The number of carbonyl (C=O) groups excluding carboxylic acids is 6. The number of nitrogens with two attached hydrogens (primary N) is 3. The van der Waals surface area contributed by atoms with E-state index in [2.05, 4.69) is 158 Å². The molecule has 106 heavy (non-hydrogen) atoms. The second-order valence-electron chi connectivity index (χ2n) is 25.9. The van der Waals surface area contributed by atoms with Crippen molar-refractivity contribution in [3.63, 3.8) is 0 Å². The van der Waals surface area contributed by atoms with Gasteiger partial charge in [-0.1, -0.05) is 178 Å². The Kier molecular flexibility index (Phi) is 34.4.